The van der Waals surface area contributed by atoms with Crippen molar-refractivity contribution >= 4 is 5.91 Å². The monoisotopic (exact) mass is 179 g/mol. The Morgan fingerprint density at radius 2 is 2.08 bits per heavy atom. The molecule has 0 aliphatic carbocycles. The quantitative estimate of drug-likeness (QED) is 0.592. The zero-order valence-corrected chi connectivity index (χ0v) is 8.31. The van der Waals surface area contributed by atoms with Gasteiger partial charge in [0.2, 0.25) is 5.91 Å². The number of hydrogen-bond acceptors (Lipinski definition) is 1. The van der Waals surface area contributed by atoms with Crippen LogP contribution in [0.25, 0.3) is 0 Å². The van der Waals surface area contributed by atoms with E-state index in [1.165, 1.54) is 0 Å². The number of nitrogens with zero attached hydrogens (tertiary/aromatic N) is 1. The van der Waals surface area contributed by atoms with Crippen molar-refractivity contribution < 1.29 is 4.79 Å². The first-order valence-electron chi connectivity index (χ1n) is 5.08. The lowest BCUT2D eigenvalue weighted by atomic mass is 10.2. The van der Waals surface area contributed by atoms with Crippen LogP contribution in [0.5, 0.6) is 0 Å². The predicted octanol–water partition coefficient (Wildman–Crippen LogP) is 1.80. The second-order valence-electron chi connectivity index (χ2n) is 3.34. The van der Waals surface area contributed by atoms with Gasteiger partial charge >= 0.3 is 0 Å². The first-order chi connectivity index (χ1) is 6.34. The zero-order valence-electron chi connectivity index (χ0n) is 8.31. The molecule has 0 atom stereocenters. The van der Waals surface area contributed by atoms with E-state index in [9.17, 15) is 4.79 Å². The van der Waals surface area contributed by atoms with Crippen molar-refractivity contribution in [1.29, 1.82) is 0 Å². The molecule has 0 unspecified atom stereocenters. The SMILES string of the molecule is CCCC(=O)N1CCC#CCCC1. The molecule has 1 aliphatic heterocycles. The van der Waals surface area contributed by atoms with E-state index in [1.807, 2.05) is 11.8 Å². The fraction of sp³-hybridized carbons (Fsp3) is 0.727. The summed E-state index contributed by atoms with van der Waals surface area (Å²) in [5, 5.41) is 0. The van der Waals surface area contributed by atoms with Gasteiger partial charge in [-0.1, -0.05) is 6.92 Å². The largest absolute Gasteiger partial charge is 0.342 e. The number of amides is 1. The van der Waals surface area contributed by atoms with Crippen LogP contribution in [0.4, 0.5) is 0 Å². The molecule has 1 aliphatic rings. The summed E-state index contributed by atoms with van der Waals surface area (Å²) in [5.41, 5.74) is 0. The van der Waals surface area contributed by atoms with Crippen molar-refractivity contribution in [2.45, 2.75) is 39.0 Å². The second kappa shape index (κ2) is 5.64. The van der Waals surface area contributed by atoms with Crippen molar-refractivity contribution in [2.75, 3.05) is 13.1 Å². The zero-order chi connectivity index (χ0) is 9.52. The summed E-state index contributed by atoms with van der Waals surface area (Å²) in [7, 11) is 0. The Bertz CT molecular complexity index is 224. The third-order valence-corrected chi connectivity index (χ3v) is 2.18. The topological polar surface area (TPSA) is 20.3 Å². The molecule has 0 aromatic heterocycles. The maximum atomic E-state index is 11.5. The summed E-state index contributed by atoms with van der Waals surface area (Å²) in [6.07, 6.45) is 4.45. The number of rotatable bonds is 2. The Labute approximate surface area is 80.3 Å². The Kier molecular flexibility index (Phi) is 4.39. The fourth-order valence-electron chi connectivity index (χ4n) is 1.46. The molecule has 0 bridgehead atoms. The molecule has 0 radical (unpaired) electrons. The van der Waals surface area contributed by atoms with E-state index in [0.717, 1.165) is 38.8 Å². The molecule has 1 amide bonds. The minimum absolute atomic E-state index is 0.297. The van der Waals surface area contributed by atoms with Gasteiger partial charge in [0.1, 0.15) is 0 Å². The summed E-state index contributed by atoms with van der Waals surface area (Å²) < 4.78 is 0. The first-order valence-corrected chi connectivity index (χ1v) is 5.08. The van der Waals surface area contributed by atoms with Gasteiger partial charge < -0.3 is 4.90 Å². The molecule has 0 saturated heterocycles. The highest BCUT2D eigenvalue weighted by atomic mass is 16.2. The van der Waals surface area contributed by atoms with Crippen LogP contribution in [-0.2, 0) is 4.79 Å². The molecule has 0 aromatic rings. The van der Waals surface area contributed by atoms with Gasteiger partial charge in [-0.05, 0) is 12.8 Å². The summed E-state index contributed by atoms with van der Waals surface area (Å²) in [5.74, 6) is 6.46. The lowest BCUT2D eigenvalue weighted by molar-refractivity contribution is -0.131. The highest BCUT2D eigenvalue weighted by Gasteiger charge is 2.11. The Morgan fingerprint density at radius 3 is 2.85 bits per heavy atom. The van der Waals surface area contributed by atoms with Gasteiger partial charge in [-0.2, -0.15) is 0 Å². The molecule has 2 nitrogen and oxygen atoms in total. The maximum Gasteiger partial charge on any atom is 0.222 e. The normalized spacial score (nSPS) is 16.8. The minimum Gasteiger partial charge on any atom is -0.342 e. The molecule has 2 heteroatoms. The van der Waals surface area contributed by atoms with Crippen molar-refractivity contribution in [3.8, 4) is 11.8 Å². The smallest absolute Gasteiger partial charge is 0.222 e. The minimum atomic E-state index is 0.297. The van der Waals surface area contributed by atoms with Crippen molar-refractivity contribution in [2.24, 2.45) is 0 Å². The molecule has 72 valence electrons. The molecule has 0 aromatic carbocycles. The van der Waals surface area contributed by atoms with Gasteiger partial charge in [-0.15, -0.1) is 11.8 Å². The molecular weight excluding hydrogens is 162 g/mol. The standard InChI is InChI=1S/C11H17NO/c1-2-8-11(13)12-9-6-4-3-5-7-10-12/h2,4,6-10H2,1H3. The second-order valence-corrected chi connectivity index (χ2v) is 3.34. The lowest BCUT2D eigenvalue weighted by Gasteiger charge is -2.22. The maximum absolute atomic E-state index is 11.5. The summed E-state index contributed by atoms with van der Waals surface area (Å²) >= 11 is 0. The number of carbonyl (C=O) groups is 1. The predicted molar refractivity (Wildman–Crippen MR) is 53.1 cm³/mol. The number of hydrogen-bond donors (Lipinski definition) is 0. The summed E-state index contributed by atoms with van der Waals surface area (Å²) in [6.45, 7) is 3.76. The van der Waals surface area contributed by atoms with E-state index in [4.69, 9.17) is 0 Å². The van der Waals surface area contributed by atoms with Gasteiger partial charge in [-0.3, -0.25) is 4.79 Å². The third-order valence-electron chi connectivity index (χ3n) is 2.18. The van der Waals surface area contributed by atoms with Crippen LogP contribution >= 0.6 is 0 Å². The van der Waals surface area contributed by atoms with Gasteiger partial charge in [0.05, 0.1) is 0 Å². The molecule has 0 fully saturated rings. The fourth-order valence-corrected chi connectivity index (χ4v) is 1.46. The lowest BCUT2D eigenvalue weighted by Crippen LogP contribution is -2.32. The Hall–Kier alpha value is -0.970. The average Bonchev–Trinajstić information content (AvgIpc) is 2.03. The highest BCUT2D eigenvalue weighted by molar-refractivity contribution is 5.76. The van der Waals surface area contributed by atoms with E-state index < -0.39 is 0 Å². The van der Waals surface area contributed by atoms with Gasteiger partial charge in [0, 0.05) is 32.4 Å². The summed E-state index contributed by atoms with van der Waals surface area (Å²) in [4.78, 5) is 13.5. The van der Waals surface area contributed by atoms with Crippen LogP contribution in [0.2, 0.25) is 0 Å². The van der Waals surface area contributed by atoms with Gasteiger partial charge in [0.25, 0.3) is 0 Å². The van der Waals surface area contributed by atoms with E-state index >= 15 is 0 Å². The van der Waals surface area contributed by atoms with Crippen molar-refractivity contribution in [3.05, 3.63) is 0 Å². The Morgan fingerprint density at radius 1 is 1.31 bits per heavy atom. The van der Waals surface area contributed by atoms with Crippen molar-refractivity contribution in [1.82, 2.24) is 4.90 Å². The molecule has 1 heterocycles. The highest BCUT2D eigenvalue weighted by Crippen LogP contribution is 2.03. The number of carbonyl (C=O) groups excluding carboxylic acids is 1. The van der Waals surface area contributed by atoms with Crippen LogP contribution < -0.4 is 0 Å². The van der Waals surface area contributed by atoms with E-state index in [0.29, 0.717) is 12.3 Å². The van der Waals surface area contributed by atoms with Crippen LogP contribution in [0.15, 0.2) is 0 Å². The van der Waals surface area contributed by atoms with E-state index in [-0.39, 0.29) is 0 Å². The first kappa shape index (κ1) is 10.1. The van der Waals surface area contributed by atoms with Crippen molar-refractivity contribution in [3.63, 3.8) is 0 Å². The van der Waals surface area contributed by atoms with Gasteiger partial charge in [-0.25, -0.2) is 0 Å². The molecule has 13 heavy (non-hydrogen) atoms. The summed E-state index contributed by atoms with van der Waals surface area (Å²) in [6, 6.07) is 0. The molecule has 0 N–H and O–H groups in total. The molecule has 0 saturated carbocycles. The van der Waals surface area contributed by atoms with Crippen LogP contribution in [0.3, 0.4) is 0 Å². The molecular formula is C11H17NO. The molecule has 1 rings (SSSR count). The van der Waals surface area contributed by atoms with Gasteiger partial charge in [0.15, 0.2) is 0 Å². The molecule has 0 spiro atoms. The van der Waals surface area contributed by atoms with Crippen LogP contribution in [-0.4, -0.2) is 23.9 Å². The van der Waals surface area contributed by atoms with E-state index in [2.05, 4.69) is 11.8 Å². The van der Waals surface area contributed by atoms with E-state index in [1.54, 1.807) is 0 Å². The van der Waals surface area contributed by atoms with Crippen LogP contribution in [0.1, 0.15) is 39.0 Å². The third kappa shape index (κ3) is 3.50. The Balaban J connectivity index is 2.41. The van der Waals surface area contributed by atoms with Crippen LogP contribution in [0, 0.1) is 11.8 Å². The average molecular weight is 179 g/mol.